The molecule has 4 atom stereocenters. The van der Waals surface area contributed by atoms with E-state index in [1.165, 1.54) is 60.4 Å². The normalized spacial score (nSPS) is 20.5. The Kier molecular flexibility index (Phi) is 6.86. The number of hydrogen-bond donors (Lipinski definition) is 2. The minimum atomic E-state index is -0.120. The second-order valence-corrected chi connectivity index (χ2v) is 14.4. The van der Waals surface area contributed by atoms with Crippen LogP contribution < -0.4 is 15.5 Å². The lowest BCUT2D eigenvalue weighted by Crippen LogP contribution is -2.39. The number of fused-ring (bicyclic) bond motifs is 3. The van der Waals surface area contributed by atoms with E-state index in [1.54, 1.807) is 0 Å². The zero-order valence-corrected chi connectivity index (χ0v) is 29.0. The highest BCUT2D eigenvalue weighted by atomic mass is 15.2. The predicted octanol–water partition coefficient (Wildman–Crippen LogP) is 11.3. The fourth-order valence-electron chi connectivity index (χ4n) is 8.98. The molecule has 0 radical (unpaired) electrons. The van der Waals surface area contributed by atoms with E-state index < -0.39 is 0 Å². The Balaban J connectivity index is 0.996. The van der Waals surface area contributed by atoms with E-state index in [9.17, 15) is 0 Å². The van der Waals surface area contributed by atoms with Gasteiger partial charge in [0.1, 0.15) is 6.17 Å². The average Bonchev–Trinajstić information content (AvgIpc) is 3.57. The molecule has 1 aromatic heterocycles. The van der Waals surface area contributed by atoms with Gasteiger partial charge in [0.25, 0.3) is 0 Å². The molecule has 8 aromatic rings. The lowest BCUT2D eigenvalue weighted by Gasteiger charge is -2.34. The van der Waals surface area contributed by atoms with Gasteiger partial charge in [0.2, 0.25) is 0 Å². The van der Waals surface area contributed by atoms with Crippen LogP contribution in [0, 0.1) is 0 Å². The Morgan fingerprint density at radius 1 is 0.566 bits per heavy atom. The van der Waals surface area contributed by atoms with Crippen molar-refractivity contribution in [3.8, 4) is 11.3 Å². The van der Waals surface area contributed by atoms with Crippen molar-refractivity contribution in [2.75, 3.05) is 4.90 Å². The fraction of sp³-hybridized carbons (Fsp3) is 0.0816. The number of rotatable bonds is 5. The molecule has 11 rings (SSSR count). The van der Waals surface area contributed by atoms with Crippen molar-refractivity contribution < 1.29 is 0 Å². The SMILES string of the molecule is C1=CC2c3ccccc3N(c3ccc(C4C=C(c5ccc(-c6ccccn6)cc5)NC(c5ccc6ccc7cccc8ccc5c6c78)N4)cc3)C2C=C1. The maximum absolute atomic E-state index is 4.58. The first kappa shape index (κ1) is 30.2. The Morgan fingerprint density at radius 3 is 2.13 bits per heavy atom. The Labute approximate surface area is 308 Å². The van der Waals surface area contributed by atoms with Gasteiger partial charge in [0.15, 0.2) is 0 Å². The summed E-state index contributed by atoms with van der Waals surface area (Å²) in [6.45, 7) is 0. The van der Waals surface area contributed by atoms with Crippen LogP contribution in [0.5, 0.6) is 0 Å². The molecule has 4 heteroatoms. The van der Waals surface area contributed by atoms with Crippen molar-refractivity contribution >= 4 is 49.4 Å². The predicted molar refractivity (Wildman–Crippen MR) is 219 cm³/mol. The highest BCUT2D eigenvalue weighted by Crippen LogP contribution is 2.48. The summed E-state index contributed by atoms with van der Waals surface area (Å²) in [4.78, 5) is 7.08. The van der Waals surface area contributed by atoms with Crippen LogP contribution in [-0.2, 0) is 0 Å². The first-order chi connectivity index (χ1) is 26.3. The van der Waals surface area contributed by atoms with Gasteiger partial charge in [-0.2, -0.15) is 0 Å². The van der Waals surface area contributed by atoms with Gasteiger partial charge in [-0.25, -0.2) is 0 Å². The number of para-hydroxylation sites is 1. The van der Waals surface area contributed by atoms with Crippen LogP contribution in [0.2, 0.25) is 0 Å². The first-order valence-electron chi connectivity index (χ1n) is 18.5. The molecular formula is C49H36N4. The third-order valence-corrected chi connectivity index (χ3v) is 11.5. The van der Waals surface area contributed by atoms with Crippen LogP contribution in [0.3, 0.4) is 0 Å². The van der Waals surface area contributed by atoms with Crippen molar-refractivity contribution in [3.63, 3.8) is 0 Å². The van der Waals surface area contributed by atoms with E-state index in [1.807, 2.05) is 18.3 Å². The molecule has 1 aliphatic carbocycles. The van der Waals surface area contributed by atoms with Crippen LogP contribution in [0.4, 0.5) is 11.4 Å². The standard InChI is InChI=1S/C49H36N4/c1-3-13-45-38(10-1)39-11-2-4-14-46(39)53(45)37-25-21-33(22-26-37)44-30-43(32-17-15-31(16-18-32)42-12-5-6-29-50-42)51-49(52-44)41-28-24-36-20-19-34-8-7-9-35-23-27-40(41)48(36)47(34)35/h1-30,38,44-45,49,51-52H. The maximum atomic E-state index is 4.58. The van der Waals surface area contributed by atoms with Crippen molar-refractivity contribution in [2.45, 2.75) is 24.2 Å². The van der Waals surface area contributed by atoms with E-state index in [2.05, 4.69) is 184 Å². The van der Waals surface area contributed by atoms with Crippen LogP contribution in [0.25, 0.3) is 49.3 Å². The molecule has 2 aliphatic heterocycles. The van der Waals surface area contributed by atoms with Crippen molar-refractivity contribution in [3.05, 3.63) is 204 Å². The zero-order valence-electron chi connectivity index (χ0n) is 29.0. The molecule has 252 valence electrons. The zero-order chi connectivity index (χ0) is 34.9. The Morgan fingerprint density at radius 2 is 1.30 bits per heavy atom. The molecule has 4 nitrogen and oxygen atoms in total. The van der Waals surface area contributed by atoms with Gasteiger partial charge in [0.05, 0.1) is 17.8 Å². The highest BCUT2D eigenvalue weighted by molar-refractivity contribution is 6.23. The number of allylic oxidation sites excluding steroid dienone is 2. The monoisotopic (exact) mass is 680 g/mol. The van der Waals surface area contributed by atoms with Gasteiger partial charge < -0.3 is 10.2 Å². The van der Waals surface area contributed by atoms with Crippen molar-refractivity contribution in [1.29, 1.82) is 0 Å². The summed E-state index contributed by atoms with van der Waals surface area (Å²) in [5.74, 6) is 0.363. The number of hydrogen-bond acceptors (Lipinski definition) is 4. The molecule has 3 heterocycles. The first-order valence-corrected chi connectivity index (χ1v) is 18.5. The highest BCUT2D eigenvalue weighted by Gasteiger charge is 2.37. The summed E-state index contributed by atoms with van der Waals surface area (Å²) in [5.41, 5.74) is 10.7. The molecule has 0 amide bonds. The lowest BCUT2D eigenvalue weighted by molar-refractivity contribution is 0.445. The number of aromatic nitrogens is 1. The summed E-state index contributed by atoms with van der Waals surface area (Å²) in [6.07, 6.45) is 13.1. The molecule has 0 fully saturated rings. The van der Waals surface area contributed by atoms with Crippen molar-refractivity contribution in [1.82, 2.24) is 15.6 Å². The van der Waals surface area contributed by atoms with Crippen LogP contribution in [0.1, 0.15) is 40.4 Å². The summed E-state index contributed by atoms with van der Waals surface area (Å²) in [5, 5.41) is 15.7. The molecule has 4 unspecified atom stereocenters. The molecule has 0 spiro atoms. The number of benzene rings is 7. The number of anilines is 2. The minimum absolute atomic E-state index is 0.0181. The quantitative estimate of drug-likeness (QED) is 0.178. The Bertz CT molecular complexity index is 2730. The van der Waals surface area contributed by atoms with E-state index in [0.29, 0.717) is 5.92 Å². The van der Waals surface area contributed by atoms with E-state index >= 15 is 0 Å². The van der Waals surface area contributed by atoms with Gasteiger partial charge in [-0.05, 0) is 91.0 Å². The molecular weight excluding hydrogens is 645 g/mol. The number of nitrogens with zero attached hydrogens (tertiary/aromatic N) is 2. The second kappa shape index (κ2) is 12.0. The fourth-order valence-corrected chi connectivity index (χ4v) is 8.98. The number of pyridine rings is 1. The topological polar surface area (TPSA) is 40.2 Å². The van der Waals surface area contributed by atoms with Crippen molar-refractivity contribution in [2.24, 2.45) is 0 Å². The molecule has 0 bridgehead atoms. The summed E-state index contributed by atoms with van der Waals surface area (Å²) < 4.78 is 0. The van der Waals surface area contributed by atoms with Crippen LogP contribution in [-0.4, -0.2) is 11.0 Å². The third kappa shape index (κ3) is 4.91. The summed E-state index contributed by atoms with van der Waals surface area (Å²) in [7, 11) is 0. The van der Waals surface area contributed by atoms with Gasteiger partial charge >= 0.3 is 0 Å². The molecule has 0 saturated heterocycles. The van der Waals surface area contributed by atoms with Gasteiger partial charge in [0, 0.05) is 34.8 Å². The molecule has 2 N–H and O–H groups in total. The number of nitrogens with one attached hydrogen (secondary N) is 2. The third-order valence-electron chi connectivity index (χ3n) is 11.5. The largest absolute Gasteiger partial charge is 0.366 e. The Hall–Kier alpha value is -6.49. The van der Waals surface area contributed by atoms with E-state index in [-0.39, 0.29) is 18.2 Å². The smallest absolute Gasteiger partial charge is 0.105 e. The molecule has 53 heavy (non-hydrogen) atoms. The molecule has 0 saturated carbocycles. The van der Waals surface area contributed by atoms with E-state index in [0.717, 1.165) is 22.5 Å². The minimum Gasteiger partial charge on any atom is -0.366 e. The van der Waals surface area contributed by atoms with Crippen LogP contribution in [0.15, 0.2) is 182 Å². The molecule has 7 aromatic carbocycles. The van der Waals surface area contributed by atoms with E-state index in [4.69, 9.17) is 0 Å². The van der Waals surface area contributed by atoms with Gasteiger partial charge in [-0.1, -0.05) is 140 Å². The maximum Gasteiger partial charge on any atom is 0.105 e. The molecule has 3 aliphatic rings. The summed E-state index contributed by atoms with van der Waals surface area (Å²) >= 11 is 0. The summed E-state index contributed by atoms with van der Waals surface area (Å²) in [6, 6.07) is 53.4. The van der Waals surface area contributed by atoms with Gasteiger partial charge in [-0.3, -0.25) is 10.3 Å². The lowest BCUT2D eigenvalue weighted by atomic mass is 9.90. The average molecular weight is 681 g/mol. The van der Waals surface area contributed by atoms with Gasteiger partial charge in [-0.15, -0.1) is 0 Å². The second-order valence-electron chi connectivity index (χ2n) is 14.4. The van der Waals surface area contributed by atoms with Crippen LogP contribution >= 0.6 is 0 Å².